The first kappa shape index (κ1) is 39.5. The standard InChI is InChI=1S/C36H47N5O9/c1-26(42)28-15-12-27(13-16-28)14-17-32(45)39-21-23-50-25-24-49-22-20-38-31(44)11-7-10-30(43)37-19-6-5-18-36(29-8-3-2-4-9-29)33(46)40-35(48)41-34(36)47/h2-4,8-9,12-13,15-16H,5-7,10-11,14,17-25H2,1H3,(H,37,43)(H,38,44)(H,39,45)(H2,40,41,46,47,48). The molecule has 0 radical (unpaired) electrons. The van der Waals surface area contributed by atoms with Crippen LogP contribution in [0, 0.1) is 0 Å². The van der Waals surface area contributed by atoms with E-state index in [1.807, 2.05) is 12.1 Å². The number of nitrogens with one attached hydrogen (secondary N) is 5. The molecule has 0 aliphatic carbocycles. The third kappa shape index (κ3) is 13.2. The molecular formula is C36H47N5O9. The number of barbiturate groups is 1. The lowest BCUT2D eigenvalue weighted by Gasteiger charge is -2.34. The molecule has 7 amide bonds. The van der Waals surface area contributed by atoms with E-state index < -0.39 is 23.3 Å². The number of hydrogen-bond donors (Lipinski definition) is 5. The molecular weight excluding hydrogens is 646 g/mol. The van der Waals surface area contributed by atoms with E-state index in [4.69, 9.17) is 9.47 Å². The lowest BCUT2D eigenvalue weighted by Crippen LogP contribution is -2.64. The number of hydrogen-bond acceptors (Lipinski definition) is 9. The molecule has 1 fully saturated rings. The number of benzene rings is 2. The van der Waals surface area contributed by atoms with Gasteiger partial charge in [-0.15, -0.1) is 0 Å². The normalized spacial score (nSPS) is 13.6. The lowest BCUT2D eigenvalue weighted by atomic mass is 9.73. The van der Waals surface area contributed by atoms with Gasteiger partial charge in [-0.05, 0) is 50.2 Å². The Bertz CT molecular complexity index is 1440. The van der Waals surface area contributed by atoms with Crippen LogP contribution in [0.25, 0.3) is 0 Å². The van der Waals surface area contributed by atoms with Crippen molar-refractivity contribution in [2.75, 3.05) is 46.1 Å². The fraction of sp³-hybridized carbons (Fsp3) is 0.472. The van der Waals surface area contributed by atoms with Crippen LogP contribution in [-0.4, -0.2) is 87.4 Å². The Morgan fingerprint density at radius 2 is 1.18 bits per heavy atom. The summed E-state index contributed by atoms with van der Waals surface area (Å²) in [5.41, 5.74) is 0.600. The topological polar surface area (TPSA) is 198 Å². The Labute approximate surface area is 291 Å². The lowest BCUT2D eigenvalue weighted by molar-refractivity contribution is -0.139. The molecule has 1 aliphatic heterocycles. The van der Waals surface area contributed by atoms with Gasteiger partial charge in [-0.25, -0.2) is 4.79 Å². The fourth-order valence-electron chi connectivity index (χ4n) is 5.34. The number of unbranched alkanes of at least 4 members (excludes halogenated alkanes) is 1. The molecule has 14 nitrogen and oxygen atoms in total. The smallest absolute Gasteiger partial charge is 0.328 e. The van der Waals surface area contributed by atoms with Crippen LogP contribution in [0.3, 0.4) is 0 Å². The van der Waals surface area contributed by atoms with Gasteiger partial charge in [-0.3, -0.25) is 39.4 Å². The van der Waals surface area contributed by atoms with Gasteiger partial charge in [-0.2, -0.15) is 0 Å². The van der Waals surface area contributed by atoms with E-state index in [0.717, 1.165) is 5.56 Å². The maximum atomic E-state index is 12.8. The number of rotatable bonds is 23. The summed E-state index contributed by atoms with van der Waals surface area (Å²) in [6, 6.07) is 14.9. The van der Waals surface area contributed by atoms with Gasteiger partial charge in [0.25, 0.3) is 0 Å². The van der Waals surface area contributed by atoms with E-state index in [0.29, 0.717) is 89.3 Å². The van der Waals surface area contributed by atoms with Gasteiger partial charge < -0.3 is 25.4 Å². The number of imide groups is 2. The third-order valence-electron chi connectivity index (χ3n) is 8.11. The highest BCUT2D eigenvalue weighted by molar-refractivity contribution is 6.22. The van der Waals surface area contributed by atoms with Gasteiger partial charge in [-0.1, -0.05) is 54.6 Å². The number of carbonyl (C=O) groups is 7. The van der Waals surface area contributed by atoms with Crippen LogP contribution >= 0.6 is 0 Å². The summed E-state index contributed by atoms with van der Waals surface area (Å²) >= 11 is 0. The van der Waals surface area contributed by atoms with Gasteiger partial charge in [0, 0.05) is 44.5 Å². The zero-order valence-electron chi connectivity index (χ0n) is 28.5. The number of amides is 7. The number of ether oxygens (including phenoxy) is 2. The molecule has 0 bridgehead atoms. The van der Waals surface area contributed by atoms with Crippen molar-refractivity contribution in [3.8, 4) is 0 Å². The molecule has 50 heavy (non-hydrogen) atoms. The summed E-state index contributed by atoms with van der Waals surface area (Å²) in [7, 11) is 0. The van der Waals surface area contributed by atoms with E-state index in [2.05, 4.69) is 26.6 Å². The van der Waals surface area contributed by atoms with Crippen molar-refractivity contribution < 1.29 is 43.0 Å². The first-order valence-electron chi connectivity index (χ1n) is 16.9. The number of ketones is 1. The molecule has 0 aromatic heterocycles. The first-order chi connectivity index (χ1) is 24.1. The Morgan fingerprint density at radius 3 is 1.74 bits per heavy atom. The number of aryl methyl sites for hydroxylation is 1. The predicted molar refractivity (Wildman–Crippen MR) is 183 cm³/mol. The molecule has 1 heterocycles. The highest BCUT2D eigenvalue weighted by atomic mass is 16.5. The second-order valence-electron chi connectivity index (χ2n) is 11.8. The minimum atomic E-state index is -1.53. The molecule has 3 rings (SSSR count). The number of carbonyl (C=O) groups excluding carboxylic acids is 7. The summed E-state index contributed by atoms with van der Waals surface area (Å²) in [5, 5.41) is 12.7. The second-order valence-corrected chi connectivity index (χ2v) is 11.8. The third-order valence-corrected chi connectivity index (χ3v) is 8.11. The van der Waals surface area contributed by atoms with Crippen molar-refractivity contribution in [1.82, 2.24) is 26.6 Å². The van der Waals surface area contributed by atoms with Crippen molar-refractivity contribution in [2.45, 2.75) is 63.7 Å². The molecule has 1 aliphatic rings. The van der Waals surface area contributed by atoms with Crippen LogP contribution in [0.2, 0.25) is 0 Å². The van der Waals surface area contributed by atoms with Crippen LogP contribution in [-0.2, 0) is 45.3 Å². The summed E-state index contributed by atoms with van der Waals surface area (Å²) in [4.78, 5) is 84.8. The van der Waals surface area contributed by atoms with Crippen LogP contribution in [0.15, 0.2) is 54.6 Å². The van der Waals surface area contributed by atoms with Gasteiger partial charge >= 0.3 is 6.03 Å². The Morgan fingerprint density at radius 1 is 0.640 bits per heavy atom. The van der Waals surface area contributed by atoms with Crippen LogP contribution in [0.4, 0.5) is 4.79 Å². The largest absolute Gasteiger partial charge is 0.377 e. The highest BCUT2D eigenvalue weighted by Crippen LogP contribution is 2.32. The number of urea groups is 1. The second kappa shape index (κ2) is 21.2. The van der Waals surface area contributed by atoms with Gasteiger partial charge in [0.15, 0.2) is 11.2 Å². The van der Waals surface area contributed by atoms with Crippen LogP contribution < -0.4 is 26.6 Å². The highest BCUT2D eigenvalue weighted by Gasteiger charge is 2.51. The van der Waals surface area contributed by atoms with Crippen molar-refractivity contribution >= 4 is 41.4 Å². The Hall–Kier alpha value is -4.95. The van der Waals surface area contributed by atoms with Crippen molar-refractivity contribution in [3.05, 3.63) is 71.3 Å². The zero-order chi connectivity index (χ0) is 36.2. The summed E-state index contributed by atoms with van der Waals surface area (Å²) in [5.74, 6) is -1.79. The summed E-state index contributed by atoms with van der Waals surface area (Å²) in [6.07, 6.45) is 2.80. The van der Waals surface area contributed by atoms with Gasteiger partial charge in [0.05, 0.1) is 26.4 Å². The molecule has 0 unspecified atom stereocenters. The molecule has 2 aromatic carbocycles. The SMILES string of the molecule is CC(=O)c1ccc(CCC(=O)NCCOCCOCCNC(=O)CCCC(=O)NCCCCC2(c3ccccc3)C(=O)NC(=O)NC2=O)cc1. The molecule has 14 heteroatoms. The maximum absolute atomic E-state index is 12.8. The molecule has 0 spiro atoms. The minimum absolute atomic E-state index is 0.00798. The zero-order valence-corrected chi connectivity index (χ0v) is 28.5. The molecule has 5 N–H and O–H groups in total. The summed E-state index contributed by atoms with van der Waals surface area (Å²) in [6.45, 7) is 3.92. The average Bonchev–Trinajstić information content (AvgIpc) is 3.09. The fourth-order valence-corrected chi connectivity index (χ4v) is 5.34. The maximum Gasteiger partial charge on any atom is 0.328 e. The average molecular weight is 694 g/mol. The predicted octanol–water partition coefficient (Wildman–Crippen LogP) is 1.85. The van der Waals surface area contributed by atoms with Gasteiger partial charge in [0.1, 0.15) is 0 Å². The van der Waals surface area contributed by atoms with E-state index in [1.54, 1.807) is 42.5 Å². The summed E-state index contributed by atoms with van der Waals surface area (Å²) < 4.78 is 10.9. The van der Waals surface area contributed by atoms with Crippen molar-refractivity contribution in [3.63, 3.8) is 0 Å². The molecule has 0 saturated carbocycles. The van der Waals surface area contributed by atoms with Crippen molar-refractivity contribution in [2.24, 2.45) is 0 Å². The van der Waals surface area contributed by atoms with Crippen LogP contribution in [0.1, 0.15) is 73.4 Å². The Balaban J connectivity index is 1.14. The van der Waals surface area contributed by atoms with Gasteiger partial charge in [0.2, 0.25) is 29.5 Å². The monoisotopic (exact) mass is 693 g/mol. The Kier molecular flexibility index (Phi) is 16.7. The van der Waals surface area contributed by atoms with E-state index in [1.165, 1.54) is 6.92 Å². The first-order valence-corrected chi connectivity index (χ1v) is 16.9. The minimum Gasteiger partial charge on any atom is -0.377 e. The molecule has 2 aromatic rings. The van der Waals surface area contributed by atoms with Crippen LogP contribution in [0.5, 0.6) is 0 Å². The van der Waals surface area contributed by atoms with E-state index in [-0.39, 0.29) is 42.8 Å². The quantitative estimate of drug-likeness (QED) is 0.0655. The molecule has 1 saturated heterocycles. The molecule has 270 valence electrons. The van der Waals surface area contributed by atoms with E-state index >= 15 is 0 Å². The molecule has 0 atom stereocenters. The van der Waals surface area contributed by atoms with Crippen molar-refractivity contribution in [1.29, 1.82) is 0 Å². The van der Waals surface area contributed by atoms with E-state index in [9.17, 15) is 33.6 Å². The number of Topliss-reactive ketones (excluding diaryl/α,β-unsaturated/α-hetero) is 1.